The average molecular weight is 258 g/mol. The number of carbonyl (C=O) groups is 1. The Morgan fingerprint density at radius 3 is 2.39 bits per heavy atom. The van der Waals surface area contributed by atoms with Crippen molar-refractivity contribution in [1.82, 2.24) is 0 Å². The second-order valence-electron chi connectivity index (χ2n) is 4.47. The van der Waals surface area contributed by atoms with Crippen LogP contribution in [0, 0.1) is 0 Å². The number of esters is 1. The van der Waals surface area contributed by atoms with E-state index in [-0.39, 0.29) is 19.2 Å². The normalized spacial score (nSPS) is 12.1. The first-order valence-electron chi connectivity index (χ1n) is 6.76. The highest BCUT2D eigenvalue weighted by atomic mass is 16.5. The second kappa shape index (κ2) is 12.6. The van der Waals surface area contributed by atoms with Crippen molar-refractivity contribution in [2.45, 2.75) is 57.5 Å². The number of ether oxygens (including phenoxy) is 1. The molecule has 1 unspecified atom stereocenters. The van der Waals surface area contributed by atoms with Crippen molar-refractivity contribution in [2.24, 2.45) is 0 Å². The van der Waals surface area contributed by atoms with Gasteiger partial charge < -0.3 is 14.9 Å². The van der Waals surface area contributed by atoms with Crippen molar-refractivity contribution >= 4 is 5.97 Å². The van der Waals surface area contributed by atoms with Gasteiger partial charge >= 0.3 is 5.97 Å². The summed E-state index contributed by atoms with van der Waals surface area (Å²) in [6.45, 7) is 3.19. The molecule has 0 saturated heterocycles. The first-order valence-corrected chi connectivity index (χ1v) is 6.76. The highest BCUT2D eigenvalue weighted by Crippen LogP contribution is 2.09. The maximum Gasteiger partial charge on any atom is 0.305 e. The van der Waals surface area contributed by atoms with Crippen LogP contribution in [0.25, 0.3) is 0 Å². The summed E-state index contributed by atoms with van der Waals surface area (Å²) in [4.78, 5) is 11.2. The molecule has 106 valence electrons. The minimum absolute atomic E-state index is 0.114. The summed E-state index contributed by atoms with van der Waals surface area (Å²) < 4.78 is 4.79. The van der Waals surface area contributed by atoms with E-state index in [1.165, 1.54) is 19.3 Å². The molecule has 0 aromatic heterocycles. The lowest BCUT2D eigenvalue weighted by Crippen LogP contribution is -2.21. The van der Waals surface area contributed by atoms with E-state index < -0.39 is 6.10 Å². The summed E-state index contributed by atoms with van der Waals surface area (Å²) in [7, 11) is 0. The molecule has 4 heteroatoms. The molecule has 0 saturated carbocycles. The summed E-state index contributed by atoms with van der Waals surface area (Å²) in [5, 5.41) is 17.5. The molecule has 0 aliphatic rings. The lowest BCUT2D eigenvalue weighted by Gasteiger charge is -2.08. The van der Waals surface area contributed by atoms with Crippen LogP contribution in [0.4, 0.5) is 0 Å². The van der Waals surface area contributed by atoms with E-state index in [0.717, 1.165) is 25.7 Å². The molecule has 1 atom stereocenters. The zero-order chi connectivity index (χ0) is 13.6. The third-order valence-corrected chi connectivity index (χ3v) is 2.69. The van der Waals surface area contributed by atoms with Crippen LogP contribution in [0.5, 0.6) is 0 Å². The Bertz CT molecular complexity index is 216. The molecule has 0 aromatic carbocycles. The molecule has 0 bridgehead atoms. The predicted molar refractivity (Wildman–Crippen MR) is 71.2 cm³/mol. The number of unbranched alkanes of at least 4 members (excludes halogenated alkanes) is 6. The van der Waals surface area contributed by atoms with Crippen LogP contribution in [0.3, 0.4) is 0 Å². The van der Waals surface area contributed by atoms with E-state index in [1.54, 1.807) is 0 Å². The highest BCUT2D eigenvalue weighted by Gasteiger charge is 2.07. The summed E-state index contributed by atoms with van der Waals surface area (Å²) in [6, 6.07) is 0. The molecule has 0 heterocycles. The largest absolute Gasteiger partial charge is 0.463 e. The molecule has 0 radical (unpaired) electrons. The maximum atomic E-state index is 11.2. The molecule has 0 amide bonds. The van der Waals surface area contributed by atoms with Crippen molar-refractivity contribution in [3.63, 3.8) is 0 Å². The Morgan fingerprint density at radius 2 is 1.78 bits per heavy atom. The van der Waals surface area contributed by atoms with Gasteiger partial charge in [0.15, 0.2) is 0 Å². The average Bonchev–Trinajstić information content (AvgIpc) is 2.39. The minimum Gasteiger partial charge on any atom is -0.463 e. The number of aliphatic hydroxyl groups excluding tert-OH is 2. The number of hydrogen-bond donors (Lipinski definition) is 2. The van der Waals surface area contributed by atoms with Crippen LogP contribution >= 0.6 is 0 Å². The lowest BCUT2D eigenvalue weighted by molar-refractivity contribution is -0.147. The van der Waals surface area contributed by atoms with Gasteiger partial charge in [0.25, 0.3) is 0 Å². The minimum atomic E-state index is -0.959. The van der Waals surface area contributed by atoms with Crippen molar-refractivity contribution < 1.29 is 19.7 Å². The lowest BCUT2D eigenvalue weighted by atomic mass is 10.1. The van der Waals surface area contributed by atoms with Crippen LogP contribution < -0.4 is 0 Å². The Labute approximate surface area is 110 Å². The van der Waals surface area contributed by atoms with Crippen molar-refractivity contribution in [3.8, 4) is 0 Å². The molecule has 0 spiro atoms. The second-order valence-corrected chi connectivity index (χ2v) is 4.47. The van der Waals surface area contributed by atoms with Gasteiger partial charge in [-0.25, -0.2) is 0 Å². The van der Waals surface area contributed by atoms with E-state index in [2.05, 4.69) is 6.58 Å². The quantitative estimate of drug-likeness (QED) is 0.320. The highest BCUT2D eigenvalue weighted by molar-refractivity contribution is 5.69. The standard InChI is InChI=1S/C14H26O4/c1-2-3-4-5-6-7-8-9-10-14(17)18-12-13(16)11-15/h2,13,15-16H,1,3-12H2. The van der Waals surface area contributed by atoms with Gasteiger partial charge in [-0.05, 0) is 19.3 Å². The molecular formula is C14H26O4. The van der Waals surface area contributed by atoms with Crippen molar-refractivity contribution in [3.05, 3.63) is 12.7 Å². The molecule has 0 rings (SSSR count). The fraction of sp³-hybridized carbons (Fsp3) is 0.786. The first kappa shape index (κ1) is 17.1. The van der Waals surface area contributed by atoms with E-state index in [1.807, 2.05) is 6.08 Å². The van der Waals surface area contributed by atoms with Crippen LogP contribution in [0.2, 0.25) is 0 Å². The topological polar surface area (TPSA) is 66.8 Å². The van der Waals surface area contributed by atoms with Gasteiger partial charge in [-0.2, -0.15) is 0 Å². The van der Waals surface area contributed by atoms with Gasteiger partial charge in [-0.1, -0.05) is 31.8 Å². The number of rotatable bonds is 12. The van der Waals surface area contributed by atoms with Gasteiger partial charge in [0, 0.05) is 6.42 Å². The zero-order valence-electron chi connectivity index (χ0n) is 11.1. The molecule has 0 aliphatic heterocycles. The van der Waals surface area contributed by atoms with Crippen LogP contribution in [-0.4, -0.2) is 35.5 Å². The first-order chi connectivity index (χ1) is 8.70. The summed E-state index contributed by atoms with van der Waals surface area (Å²) in [5.41, 5.74) is 0. The van der Waals surface area contributed by atoms with E-state index >= 15 is 0 Å². The Morgan fingerprint density at radius 1 is 1.17 bits per heavy atom. The third kappa shape index (κ3) is 11.6. The Hall–Kier alpha value is -0.870. The summed E-state index contributed by atoms with van der Waals surface area (Å²) in [6.07, 6.45) is 9.08. The molecule has 0 fully saturated rings. The fourth-order valence-corrected chi connectivity index (χ4v) is 1.58. The molecule has 2 N–H and O–H groups in total. The number of allylic oxidation sites excluding steroid dienone is 1. The monoisotopic (exact) mass is 258 g/mol. The zero-order valence-corrected chi connectivity index (χ0v) is 11.1. The Kier molecular flexibility index (Phi) is 12.0. The fourth-order valence-electron chi connectivity index (χ4n) is 1.58. The summed E-state index contributed by atoms with van der Waals surface area (Å²) >= 11 is 0. The van der Waals surface area contributed by atoms with Gasteiger partial charge in [-0.15, -0.1) is 6.58 Å². The van der Waals surface area contributed by atoms with Crippen molar-refractivity contribution in [2.75, 3.05) is 13.2 Å². The van der Waals surface area contributed by atoms with E-state index in [0.29, 0.717) is 6.42 Å². The molecule has 0 aromatic rings. The molecular weight excluding hydrogens is 232 g/mol. The van der Waals surface area contributed by atoms with E-state index in [4.69, 9.17) is 14.9 Å². The van der Waals surface area contributed by atoms with Gasteiger partial charge in [0.05, 0.1) is 6.61 Å². The number of hydrogen-bond acceptors (Lipinski definition) is 4. The maximum absolute atomic E-state index is 11.2. The molecule has 4 nitrogen and oxygen atoms in total. The number of carbonyl (C=O) groups excluding carboxylic acids is 1. The molecule has 18 heavy (non-hydrogen) atoms. The van der Waals surface area contributed by atoms with Crippen LogP contribution in [-0.2, 0) is 9.53 Å². The van der Waals surface area contributed by atoms with Crippen LogP contribution in [0.1, 0.15) is 51.4 Å². The van der Waals surface area contributed by atoms with Gasteiger partial charge in [0.2, 0.25) is 0 Å². The predicted octanol–water partition coefficient (Wildman–Crippen LogP) is 2.19. The smallest absolute Gasteiger partial charge is 0.305 e. The Balaban J connectivity index is 3.22. The third-order valence-electron chi connectivity index (χ3n) is 2.69. The number of aliphatic hydroxyl groups is 2. The van der Waals surface area contributed by atoms with E-state index in [9.17, 15) is 4.79 Å². The van der Waals surface area contributed by atoms with Crippen molar-refractivity contribution in [1.29, 1.82) is 0 Å². The van der Waals surface area contributed by atoms with Gasteiger partial charge in [0.1, 0.15) is 12.7 Å². The SMILES string of the molecule is C=CCCCCCCCCC(=O)OCC(O)CO. The van der Waals surface area contributed by atoms with Crippen LogP contribution in [0.15, 0.2) is 12.7 Å². The summed E-state index contributed by atoms with van der Waals surface area (Å²) in [5.74, 6) is -0.297. The van der Waals surface area contributed by atoms with Gasteiger partial charge in [-0.3, -0.25) is 4.79 Å². The molecule has 0 aliphatic carbocycles.